The fourth-order valence-corrected chi connectivity index (χ4v) is 3.46. The lowest BCUT2D eigenvalue weighted by Gasteiger charge is -2.05. The molecular formula is C17H16FN3O2S. The molecule has 124 valence electrons. The third kappa shape index (κ3) is 3.52. The average Bonchev–Trinajstić information content (AvgIpc) is 2.98. The number of halogens is 1. The monoisotopic (exact) mass is 345 g/mol. The van der Waals surface area contributed by atoms with Crippen LogP contribution in [0.25, 0.3) is 5.69 Å². The van der Waals surface area contributed by atoms with Gasteiger partial charge in [0.05, 0.1) is 17.6 Å². The zero-order valence-electron chi connectivity index (χ0n) is 13.0. The van der Waals surface area contributed by atoms with Gasteiger partial charge in [-0.05, 0) is 36.8 Å². The van der Waals surface area contributed by atoms with Crippen LogP contribution in [0, 0.1) is 12.7 Å². The molecule has 0 aliphatic carbocycles. The molecule has 3 rings (SSSR count). The van der Waals surface area contributed by atoms with Crippen LogP contribution >= 0.6 is 0 Å². The van der Waals surface area contributed by atoms with Crippen molar-refractivity contribution in [3.8, 4) is 5.69 Å². The van der Waals surface area contributed by atoms with Gasteiger partial charge in [0.2, 0.25) is 10.0 Å². The first-order valence-electron chi connectivity index (χ1n) is 7.31. The molecule has 1 N–H and O–H groups in total. The van der Waals surface area contributed by atoms with E-state index in [-0.39, 0.29) is 17.3 Å². The lowest BCUT2D eigenvalue weighted by atomic mass is 10.2. The van der Waals surface area contributed by atoms with Crippen LogP contribution < -0.4 is 4.72 Å². The molecule has 1 heterocycles. The average molecular weight is 345 g/mol. The SMILES string of the molecule is Cc1nn(-c2ccccc2)cc1S(=O)(=O)NCc1ccc(F)cc1. The van der Waals surface area contributed by atoms with Crippen molar-refractivity contribution in [3.63, 3.8) is 0 Å². The summed E-state index contributed by atoms with van der Waals surface area (Å²) in [6.45, 7) is 1.73. The quantitative estimate of drug-likeness (QED) is 0.773. The van der Waals surface area contributed by atoms with Crippen molar-refractivity contribution < 1.29 is 12.8 Å². The molecule has 0 radical (unpaired) electrons. The van der Waals surface area contributed by atoms with E-state index in [4.69, 9.17) is 0 Å². The Bertz CT molecular complexity index is 936. The third-order valence-electron chi connectivity index (χ3n) is 3.54. The Morgan fingerprint density at radius 3 is 2.42 bits per heavy atom. The van der Waals surface area contributed by atoms with Gasteiger partial charge >= 0.3 is 0 Å². The topological polar surface area (TPSA) is 64.0 Å². The number of hydrogen-bond acceptors (Lipinski definition) is 3. The summed E-state index contributed by atoms with van der Waals surface area (Å²) in [6.07, 6.45) is 1.48. The number of nitrogens with zero attached hydrogens (tertiary/aromatic N) is 2. The van der Waals surface area contributed by atoms with Gasteiger partial charge in [-0.1, -0.05) is 30.3 Å². The molecule has 3 aromatic rings. The van der Waals surface area contributed by atoms with Gasteiger partial charge in [0, 0.05) is 6.54 Å². The molecule has 0 aliphatic heterocycles. The van der Waals surface area contributed by atoms with Crippen LogP contribution in [-0.4, -0.2) is 18.2 Å². The summed E-state index contributed by atoms with van der Waals surface area (Å²) in [6, 6.07) is 14.9. The van der Waals surface area contributed by atoms with Gasteiger partial charge in [0.1, 0.15) is 10.7 Å². The molecule has 0 atom stereocenters. The summed E-state index contributed by atoms with van der Waals surface area (Å²) < 4.78 is 41.9. The molecule has 1 aromatic heterocycles. The highest BCUT2D eigenvalue weighted by Crippen LogP contribution is 2.17. The molecule has 0 amide bonds. The van der Waals surface area contributed by atoms with Crippen LogP contribution in [0.4, 0.5) is 4.39 Å². The van der Waals surface area contributed by atoms with Crippen LogP contribution in [0.1, 0.15) is 11.3 Å². The van der Waals surface area contributed by atoms with Gasteiger partial charge in [-0.3, -0.25) is 0 Å². The van der Waals surface area contributed by atoms with E-state index >= 15 is 0 Å². The highest BCUT2D eigenvalue weighted by Gasteiger charge is 2.20. The fourth-order valence-electron chi connectivity index (χ4n) is 2.28. The third-order valence-corrected chi connectivity index (χ3v) is 5.05. The predicted octanol–water partition coefficient (Wildman–Crippen LogP) is 2.80. The Morgan fingerprint density at radius 2 is 1.75 bits per heavy atom. The van der Waals surface area contributed by atoms with E-state index in [1.54, 1.807) is 6.92 Å². The Morgan fingerprint density at radius 1 is 1.08 bits per heavy atom. The maximum absolute atomic E-state index is 12.9. The Balaban J connectivity index is 1.82. The Labute approximate surface area is 139 Å². The van der Waals surface area contributed by atoms with E-state index in [0.717, 1.165) is 5.69 Å². The normalized spacial score (nSPS) is 11.6. The molecule has 7 heteroatoms. The second-order valence-corrected chi connectivity index (χ2v) is 7.05. The van der Waals surface area contributed by atoms with E-state index in [1.807, 2.05) is 30.3 Å². The first-order chi connectivity index (χ1) is 11.5. The van der Waals surface area contributed by atoms with E-state index in [2.05, 4.69) is 9.82 Å². The second kappa shape index (κ2) is 6.54. The van der Waals surface area contributed by atoms with Crippen molar-refractivity contribution in [2.24, 2.45) is 0 Å². The Hall–Kier alpha value is -2.51. The predicted molar refractivity (Wildman–Crippen MR) is 88.7 cm³/mol. The molecular weight excluding hydrogens is 329 g/mol. The largest absolute Gasteiger partial charge is 0.244 e. The number of aryl methyl sites for hydroxylation is 1. The lowest BCUT2D eigenvalue weighted by molar-refractivity contribution is 0.580. The highest BCUT2D eigenvalue weighted by molar-refractivity contribution is 7.89. The van der Waals surface area contributed by atoms with Crippen LogP contribution in [-0.2, 0) is 16.6 Å². The minimum Gasteiger partial charge on any atom is -0.239 e. The molecule has 0 unspecified atom stereocenters. The zero-order valence-corrected chi connectivity index (χ0v) is 13.8. The standard InChI is InChI=1S/C17H16FN3O2S/c1-13-17(12-21(20-13)16-5-3-2-4-6-16)24(22,23)19-11-14-7-9-15(18)10-8-14/h2-10,12,19H,11H2,1H3. The molecule has 0 saturated heterocycles. The summed E-state index contributed by atoms with van der Waals surface area (Å²) in [5, 5.41) is 4.26. The Kier molecular flexibility index (Phi) is 4.46. The lowest BCUT2D eigenvalue weighted by Crippen LogP contribution is -2.23. The van der Waals surface area contributed by atoms with Gasteiger partial charge in [-0.2, -0.15) is 5.10 Å². The van der Waals surface area contributed by atoms with Gasteiger partial charge in [-0.25, -0.2) is 22.2 Å². The maximum Gasteiger partial charge on any atom is 0.244 e. The van der Waals surface area contributed by atoms with Crippen molar-refractivity contribution in [2.45, 2.75) is 18.4 Å². The van der Waals surface area contributed by atoms with Crippen LogP contribution in [0.5, 0.6) is 0 Å². The minimum atomic E-state index is -3.71. The van der Waals surface area contributed by atoms with Gasteiger partial charge in [0.25, 0.3) is 0 Å². The number of para-hydroxylation sites is 1. The fraction of sp³-hybridized carbons (Fsp3) is 0.118. The van der Waals surface area contributed by atoms with Gasteiger partial charge < -0.3 is 0 Å². The molecule has 24 heavy (non-hydrogen) atoms. The number of benzene rings is 2. The number of aromatic nitrogens is 2. The van der Waals surface area contributed by atoms with Gasteiger partial charge in [0.15, 0.2) is 0 Å². The summed E-state index contributed by atoms with van der Waals surface area (Å²) in [5.41, 5.74) is 1.86. The summed E-state index contributed by atoms with van der Waals surface area (Å²) in [4.78, 5) is 0.119. The van der Waals surface area contributed by atoms with E-state index in [1.165, 1.54) is 35.1 Å². The van der Waals surface area contributed by atoms with Crippen molar-refractivity contribution in [3.05, 3.63) is 77.9 Å². The summed E-state index contributed by atoms with van der Waals surface area (Å²) >= 11 is 0. The molecule has 0 saturated carbocycles. The van der Waals surface area contributed by atoms with E-state index < -0.39 is 10.0 Å². The number of hydrogen-bond donors (Lipinski definition) is 1. The minimum absolute atomic E-state index is 0.0819. The molecule has 2 aromatic carbocycles. The second-order valence-electron chi connectivity index (χ2n) is 5.31. The summed E-state index contributed by atoms with van der Waals surface area (Å²) in [5.74, 6) is -0.360. The molecule has 0 bridgehead atoms. The number of sulfonamides is 1. The zero-order chi connectivity index (χ0) is 17.2. The maximum atomic E-state index is 12.9. The first-order valence-corrected chi connectivity index (χ1v) is 8.80. The van der Waals surface area contributed by atoms with E-state index in [0.29, 0.717) is 11.3 Å². The highest BCUT2D eigenvalue weighted by atomic mass is 32.2. The molecule has 5 nitrogen and oxygen atoms in total. The first kappa shape index (κ1) is 16.4. The smallest absolute Gasteiger partial charge is 0.239 e. The van der Waals surface area contributed by atoms with Crippen LogP contribution in [0.2, 0.25) is 0 Å². The van der Waals surface area contributed by atoms with Crippen molar-refractivity contribution >= 4 is 10.0 Å². The van der Waals surface area contributed by atoms with Gasteiger partial charge in [-0.15, -0.1) is 0 Å². The van der Waals surface area contributed by atoms with Crippen molar-refractivity contribution in [1.29, 1.82) is 0 Å². The van der Waals surface area contributed by atoms with Crippen LogP contribution in [0.15, 0.2) is 65.7 Å². The van der Waals surface area contributed by atoms with Crippen LogP contribution in [0.3, 0.4) is 0 Å². The van der Waals surface area contributed by atoms with Crippen molar-refractivity contribution in [1.82, 2.24) is 14.5 Å². The number of rotatable bonds is 5. The van der Waals surface area contributed by atoms with Crippen molar-refractivity contribution in [2.75, 3.05) is 0 Å². The van der Waals surface area contributed by atoms with E-state index in [9.17, 15) is 12.8 Å². The molecule has 0 fully saturated rings. The molecule has 0 aliphatic rings. The summed E-state index contributed by atoms with van der Waals surface area (Å²) in [7, 11) is -3.71. The number of nitrogens with one attached hydrogen (secondary N) is 1. The molecule has 0 spiro atoms.